The van der Waals surface area contributed by atoms with E-state index < -0.39 is 17.9 Å². The third-order valence-corrected chi connectivity index (χ3v) is 1.32. The van der Waals surface area contributed by atoms with Gasteiger partial charge in [-0.3, -0.25) is 9.78 Å². The van der Waals surface area contributed by atoms with Crippen LogP contribution in [-0.4, -0.2) is 16.4 Å². The lowest BCUT2D eigenvalue weighted by atomic mass is 10.2. The molecule has 5 heteroatoms. The molecule has 0 amide bonds. The van der Waals surface area contributed by atoms with E-state index in [-0.39, 0.29) is 5.56 Å². The summed E-state index contributed by atoms with van der Waals surface area (Å²) in [5, 5.41) is 8.99. The van der Waals surface area contributed by atoms with E-state index in [2.05, 4.69) is 4.98 Å². The molecule has 0 saturated heterocycles. The van der Waals surface area contributed by atoms with Crippen molar-refractivity contribution in [3.05, 3.63) is 23.5 Å². The molecule has 0 aliphatic heterocycles. The fourth-order valence-electron chi connectivity index (χ4n) is 0.741. The largest absolute Gasteiger partial charge is 0.505 e. The first kappa shape index (κ1) is 8.58. The number of hydrogen-bond acceptors (Lipinski definition) is 3. The number of aldehydes is 1. The molecule has 1 aromatic heterocycles. The van der Waals surface area contributed by atoms with Gasteiger partial charge in [-0.1, -0.05) is 0 Å². The number of aromatic nitrogens is 1. The Kier molecular flexibility index (Phi) is 2.32. The summed E-state index contributed by atoms with van der Waals surface area (Å²) in [6.07, 6.45) is -1.53. The molecule has 1 heterocycles. The second-order valence-electron chi connectivity index (χ2n) is 2.05. The first-order valence-corrected chi connectivity index (χ1v) is 3.08. The predicted octanol–water partition coefficient (Wildman–Crippen LogP) is 1.54. The summed E-state index contributed by atoms with van der Waals surface area (Å²) < 4.78 is 24.0. The number of hydrogen-bond donors (Lipinski definition) is 1. The molecular formula is C7H5F2NO2. The summed E-state index contributed by atoms with van der Waals surface area (Å²) >= 11 is 0. The molecule has 0 radical (unpaired) electrons. The van der Waals surface area contributed by atoms with Crippen LogP contribution in [0, 0.1) is 0 Å². The topological polar surface area (TPSA) is 50.2 Å². The van der Waals surface area contributed by atoms with Crippen LogP contribution in [0.2, 0.25) is 0 Å². The van der Waals surface area contributed by atoms with Crippen LogP contribution < -0.4 is 0 Å². The summed E-state index contributed by atoms with van der Waals surface area (Å²) in [5.74, 6) is -0.748. The highest BCUT2D eigenvalue weighted by atomic mass is 19.3. The van der Waals surface area contributed by atoms with Crippen LogP contribution in [0.15, 0.2) is 12.3 Å². The molecular weight excluding hydrogens is 168 g/mol. The summed E-state index contributed by atoms with van der Waals surface area (Å²) in [6, 6.07) is 1.16. The Morgan fingerprint density at radius 3 is 2.75 bits per heavy atom. The average molecular weight is 173 g/mol. The highest BCUT2D eigenvalue weighted by Gasteiger charge is 2.16. The van der Waals surface area contributed by atoms with Crippen molar-refractivity contribution in [3.63, 3.8) is 0 Å². The van der Waals surface area contributed by atoms with Gasteiger partial charge in [-0.25, -0.2) is 8.78 Å². The number of halogens is 2. The van der Waals surface area contributed by atoms with E-state index in [0.29, 0.717) is 6.29 Å². The number of carbonyl (C=O) groups excluding carboxylic acids is 1. The molecule has 1 rings (SSSR count). The number of nitrogens with zero attached hydrogens (tertiary/aromatic N) is 1. The molecule has 0 aromatic carbocycles. The van der Waals surface area contributed by atoms with Gasteiger partial charge in [0.05, 0.1) is 5.56 Å². The van der Waals surface area contributed by atoms with Crippen molar-refractivity contribution in [1.29, 1.82) is 0 Å². The van der Waals surface area contributed by atoms with Crippen LogP contribution in [0.4, 0.5) is 8.78 Å². The van der Waals surface area contributed by atoms with Crippen LogP contribution >= 0.6 is 0 Å². The van der Waals surface area contributed by atoms with E-state index in [9.17, 15) is 13.6 Å². The zero-order chi connectivity index (χ0) is 9.14. The Hall–Kier alpha value is -1.52. The lowest BCUT2D eigenvalue weighted by Gasteiger charge is -2.02. The average Bonchev–Trinajstić information content (AvgIpc) is 2.04. The first-order valence-electron chi connectivity index (χ1n) is 3.08. The normalized spacial score (nSPS) is 10.2. The minimum Gasteiger partial charge on any atom is -0.505 e. The van der Waals surface area contributed by atoms with Crippen molar-refractivity contribution in [2.24, 2.45) is 0 Å². The first-order chi connectivity index (χ1) is 5.66. The van der Waals surface area contributed by atoms with Gasteiger partial charge in [-0.2, -0.15) is 0 Å². The lowest BCUT2D eigenvalue weighted by molar-refractivity contribution is 0.111. The third-order valence-electron chi connectivity index (χ3n) is 1.32. The van der Waals surface area contributed by atoms with Crippen LogP contribution in [0.3, 0.4) is 0 Å². The van der Waals surface area contributed by atoms with Crippen molar-refractivity contribution in [1.82, 2.24) is 4.98 Å². The summed E-state index contributed by atoms with van der Waals surface area (Å²) in [4.78, 5) is 13.4. The second kappa shape index (κ2) is 3.25. The Labute approximate surface area is 66.7 Å². The Morgan fingerprint density at radius 1 is 1.58 bits per heavy atom. The Balaban J connectivity index is 3.22. The molecule has 0 fully saturated rings. The maximum atomic E-state index is 12.0. The fraction of sp³-hybridized carbons (Fsp3) is 0.143. The SMILES string of the molecule is O=Cc1ccnc(C(F)F)c1O. The molecule has 0 aliphatic rings. The monoisotopic (exact) mass is 173 g/mol. The van der Waals surface area contributed by atoms with Gasteiger partial charge in [0, 0.05) is 6.20 Å². The number of pyridine rings is 1. The predicted molar refractivity (Wildman–Crippen MR) is 36.2 cm³/mol. The maximum absolute atomic E-state index is 12.0. The molecule has 0 saturated carbocycles. The number of alkyl halides is 2. The van der Waals surface area contributed by atoms with Crippen molar-refractivity contribution in [3.8, 4) is 5.75 Å². The summed E-state index contributed by atoms with van der Waals surface area (Å²) in [6.45, 7) is 0. The molecule has 3 nitrogen and oxygen atoms in total. The molecule has 0 spiro atoms. The van der Waals surface area contributed by atoms with Gasteiger partial charge in [-0.05, 0) is 6.07 Å². The second-order valence-corrected chi connectivity index (χ2v) is 2.05. The molecule has 0 unspecified atom stereocenters. The van der Waals surface area contributed by atoms with Crippen molar-refractivity contribution in [2.75, 3.05) is 0 Å². The summed E-state index contributed by atoms with van der Waals surface area (Å²) in [7, 11) is 0. The van der Waals surface area contributed by atoms with Crippen molar-refractivity contribution < 1.29 is 18.7 Å². The molecule has 0 atom stereocenters. The zero-order valence-corrected chi connectivity index (χ0v) is 5.87. The summed E-state index contributed by atoms with van der Waals surface area (Å²) in [5.41, 5.74) is -0.945. The number of rotatable bonds is 2. The smallest absolute Gasteiger partial charge is 0.284 e. The fourth-order valence-corrected chi connectivity index (χ4v) is 0.741. The van der Waals surface area contributed by atoms with Gasteiger partial charge in [0.15, 0.2) is 12.0 Å². The highest BCUT2D eigenvalue weighted by molar-refractivity contribution is 5.79. The van der Waals surface area contributed by atoms with Gasteiger partial charge in [-0.15, -0.1) is 0 Å². The van der Waals surface area contributed by atoms with Gasteiger partial charge >= 0.3 is 0 Å². The quantitative estimate of drug-likeness (QED) is 0.690. The zero-order valence-electron chi connectivity index (χ0n) is 5.87. The van der Waals surface area contributed by atoms with Crippen LogP contribution in [0.5, 0.6) is 5.75 Å². The van der Waals surface area contributed by atoms with Gasteiger partial charge in [0.25, 0.3) is 6.43 Å². The maximum Gasteiger partial charge on any atom is 0.284 e. The van der Waals surface area contributed by atoms with E-state index in [0.717, 1.165) is 12.3 Å². The van der Waals surface area contributed by atoms with Gasteiger partial charge in [0.2, 0.25) is 0 Å². The highest BCUT2D eigenvalue weighted by Crippen LogP contribution is 2.27. The van der Waals surface area contributed by atoms with E-state index in [4.69, 9.17) is 5.11 Å². The molecule has 1 aromatic rings. The van der Waals surface area contributed by atoms with Gasteiger partial charge < -0.3 is 5.11 Å². The Bertz CT molecular complexity index is 301. The number of carbonyl (C=O) groups is 1. The minimum absolute atomic E-state index is 0.180. The lowest BCUT2D eigenvalue weighted by Crippen LogP contribution is -1.93. The molecule has 12 heavy (non-hydrogen) atoms. The Morgan fingerprint density at radius 2 is 2.25 bits per heavy atom. The number of aromatic hydroxyl groups is 1. The standard InChI is InChI=1S/C7H5F2NO2/c8-7(9)5-6(12)4(3-11)1-2-10-5/h1-3,7,12H. The molecule has 1 N–H and O–H groups in total. The van der Waals surface area contributed by atoms with E-state index in [1.807, 2.05) is 0 Å². The molecule has 0 aliphatic carbocycles. The third kappa shape index (κ3) is 1.39. The molecule has 0 bridgehead atoms. The van der Waals surface area contributed by atoms with Crippen molar-refractivity contribution >= 4 is 6.29 Å². The van der Waals surface area contributed by atoms with E-state index >= 15 is 0 Å². The molecule has 64 valence electrons. The van der Waals surface area contributed by atoms with Crippen LogP contribution in [0.25, 0.3) is 0 Å². The van der Waals surface area contributed by atoms with Gasteiger partial charge in [0.1, 0.15) is 5.69 Å². The van der Waals surface area contributed by atoms with E-state index in [1.165, 1.54) is 0 Å². The van der Waals surface area contributed by atoms with Crippen LogP contribution in [-0.2, 0) is 0 Å². The van der Waals surface area contributed by atoms with Crippen LogP contribution in [0.1, 0.15) is 22.5 Å². The van der Waals surface area contributed by atoms with Crippen molar-refractivity contribution in [2.45, 2.75) is 6.43 Å². The van der Waals surface area contributed by atoms with E-state index in [1.54, 1.807) is 0 Å². The minimum atomic E-state index is -2.87.